The molecule has 1 aromatic heterocycles. The van der Waals surface area contributed by atoms with E-state index < -0.39 is 0 Å². The Morgan fingerprint density at radius 3 is 2.73 bits per heavy atom. The molecule has 2 aromatic rings. The summed E-state index contributed by atoms with van der Waals surface area (Å²) in [5.74, 6) is 1.58. The summed E-state index contributed by atoms with van der Waals surface area (Å²) in [5, 5.41) is 0. The fourth-order valence-corrected chi connectivity index (χ4v) is 4.04. The summed E-state index contributed by atoms with van der Waals surface area (Å²) in [5.41, 5.74) is 2.84. The molecule has 30 heavy (non-hydrogen) atoms. The first-order valence-electron chi connectivity index (χ1n) is 10.5. The summed E-state index contributed by atoms with van der Waals surface area (Å²) < 4.78 is 5.45. The maximum Gasteiger partial charge on any atom is 0.248 e. The molecule has 7 nitrogen and oxygen atoms in total. The highest BCUT2D eigenvalue weighted by Gasteiger charge is 2.34. The number of hydrogen-bond acceptors (Lipinski definition) is 5. The van der Waals surface area contributed by atoms with Crippen molar-refractivity contribution in [3.05, 3.63) is 53.0 Å². The lowest BCUT2D eigenvalue weighted by Gasteiger charge is -2.19. The van der Waals surface area contributed by atoms with Crippen LogP contribution in [-0.4, -0.2) is 52.5 Å². The Balaban J connectivity index is 1.52. The fraction of sp³-hybridized carbons (Fsp3) is 0.478. The molecule has 2 aliphatic rings. The second-order valence-electron chi connectivity index (χ2n) is 8.30. The molecule has 2 aliphatic heterocycles. The van der Waals surface area contributed by atoms with E-state index in [9.17, 15) is 9.59 Å². The van der Waals surface area contributed by atoms with Crippen LogP contribution in [0.4, 0.5) is 5.82 Å². The van der Waals surface area contributed by atoms with Crippen molar-refractivity contribution in [1.82, 2.24) is 14.9 Å². The van der Waals surface area contributed by atoms with Gasteiger partial charge in [0.25, 0.3) is 0 Å². The van der Waals surface area contributed by atoms with E-state index in [1.54, 1.807) is 4.90 Å². The Bertz CT molecular complexity index is 945. The van der Waals surface area contributed by atoms with Crippen molar-refractivity contribution in [2.75, 3.05) is 24.6 Å². The molecule has 0 unspecified atom stereocenters. The average molecular weight is 409 g/mol. The van der Waals surface area contributed by atoms with Crippen molar-refractivity contribution >= 4 is 17.6 Å². The number of nitrogens with zero attached hydrogens (tertiary/aromatic N) is 4. The van der Waals surface area contributed by atoms with Crippen molar-refractivity contribution in [1.29, 1.82) is 0 Å². The Morgan fingerprint density at radius 2 is 2.00 bits per heavy atom. The lowest BCUT2D eigenvalue weighted by molar-refractivity contribution is -0.136. The van der Waals surface area contributed by atoms with Gasteiger partial charge in [-0.1, -0.05) is 30.3 Å². The number of rotatable bonds is 6. The van der Waals surface area contributed by atoms with Crippen LogP contribution in [0.3, 0.4) is 0 Å². The standard InChI is InChI=1S/C23H28N4O3/c1-15(2)30-14-21(29)26-10-9-18(13-26)22-24-16(3)19-11-20(28)27(23(19)25-22)12-17-7-5-4-6-8-17/h4-8,15,18H,9-14H2,1-3H3/t18-/m1/s1. The molecule has 0 N–H and O–H groups in total. The number of aromatic nitrogens is 2. The summed E-state index contributed by atoms with van der Waals surface area (Å²) in [7, 11) is 0. The third-order valence-electron chi connectivity index (χ3n) is 5.72. The van der Waals surface area contributed by atoms with Gasteiger partial charge in [-0.2, -0.15) is 0 Å². The first-order chi connectivity index (χ1) is 14.4. The minimum atomic E-state index is 0.00460. The van der Waals surface area contributed by atoms with Gasteiger partial charge in [-0.05, 0) is 32.8 Å². The topological polar surface area (TPSA) is 75.6 Å². The highest BCUT2D eigenvalue weighted by molar-refractivity contribution is 6.00. The third-order valence-corrected chi connectivity index (χ3v) is 5.72. The van der Waals surface area contributed by atoms with Crippen LogP contribution < -0.4 is 4.90 Å². The third kappa shape index (κ3) is 4.21. The van der Waals surface area contributed by atoms with Crippen molar-refractivity contribution in [3.8, 4) is 0 Å². The second-order valence-corrected chi connectivity index (χ2v) is 8.30. The molecule has 2 amide bonds. The Kier molecular flexibility index (Phi) is 5.81. The monoisotopic (exact) mass is 408 g/mol. The van der Waals surface area contributed by atoms with Crippen molar-refractivity contribution in [3.63, 3.8) is 0 Å². The van der Waals surface area contributed by atoms with Gasteiger partial charge in [0.1, 0.15) is 18.2 Å². The smallest absolute Gasteiger partial charge is 0.248 e. The summed E-state index contributed by atoms with van der Waals surface area (Å²) in [4.78, 5) is 38.2. The zero-order chi connectivity index (χ0) is 21.3. The summed E-state index contributed by atoms with van der Waals surface area (Å²) in [6.45, 7) is 7.66. The number of aryl methyl sites for hydroxylation is 1. The number of anilines is 1. The lowest BCUT2D eigenvalue weighted by atomic mass is 10.1. The number of ether oxygens (including phenoxy) is 1. The lowest BCUT2D eigenvalue weighted by Crippen LogP contribution is -2.32. The van der Waals surface area contributed by atoms with Crippen LogP contribution in [0, 0.1) is 6.92 Å². The molecule has 0 aliphatic carbocycles. The molecule has 1 saturated heterocycles. The number of benzene rings is 1. The van der Waals surface area contributed by atoms with Crippen LogP contribution in [0.5, 0.6) is 0 Å². The molecule has 0 spiro atoms. The number of likely N-dealkylation sites (tertiary alicyclic amines) is 1. The average Bonchev–Trinajstić information content (AvgIpc) is 3.33. The maximum atomic E-state index is 12.7. The predicted molar refractivity (Wildman–Crippen MR) is 113 cm³/mol. The Morgan fingerprint density at radius 1 is 1.23 bits per heavy atom. The number of carbonyl (C=O) groups is 2. The first-order valence-corrected chi connectivity index (χ1v) is 10.5. The number of carbonyl (C=O) groups excluding carboxylic acids is 2. The number of hydrogen-bond donors (Lipinski definition) is 0. The van der Waals surface area contributed by atoms with Crippen molar-refractivity contribution in [2.45, 2.75) is 52.2 Å². The zero-order valence-electron chi connectivity index (χ0n) is 17.8. The van der Waals surface area contributed by atoms with Gasteiger partial charge >= 0.3 is 0 Å². The Labute approximate surface area is 177 Å². The van der Waals surface area contributed by atoms with E-state index >= 15 is 0 Å². The molecule has 0 radical (unpaired) electrons. The summed E-state index contributed by atoms with van der Waals surface area (Å²) >= 11 is 0. The van der Waals surface area contributed by atoms with Crippen LogP contribution in [0.1, 0.15) is 48.8 Å². The molecule has 4 rings (SSSR count). The van der Waals surface area contributed by atoms with Gasteiger partial charge in [-0.3, -0.25) is 14.5 Å². The molecule has 1 atom stereocenters. The van der Waals surface area contributed by atoms with E-state index in [4.69, 9.17) is 14.7 Å². The molecular formula is C23H28N4O3. The van der Waals surface area contributed by atoms with E-state index in [2.05, 4.69) is 0 Å². The molecular weight excluding hydrogens is 380 g/mol. The maximum absolute atomic E-state index is 12.7. The quantitative estimate of drug-likeness (QED) is 0.734. The van der Waals surface area contributed by atoms with Crippen LogP contribution >= 0.6 is 0 Å². The van der Waals surface area contributed by atoms with Gasteiger partial charge in [0.15, 0.2) is 0 Å². The molecule has 1 fully saturated rings. The minimum absolute atomic E-state index is 0.00460. The molecule has 7 heteroatoms. The van der Waals surface area contributed by atoms with Gasteiger partial charge in [0.2, 0.25) is 11.8 Å². The zero-order valence-corrected chi connectivity index (χ0v) is 17.8. The van der Waals surface area contributed by atoms with E-state index in [0.29, 0.717) is 26.1 Å². The van der Waals surface area contributed by atoms with Crippen LogP contribution in [0.25, 0.3) is 0 Å². The van der Waals surface area contributed by atoms with Gasteiger partial charge in [0, 0.05) is 30.3 Å². The second kappa shape index (κ2) is 8.52. The van der Waals surface area contributed by atoms with Gasteiger partial charge in [-0.25, -0.2) is 9.97 Å². The van der Waals surface area contributed by atoms with Crippen molar-refractivity contribution in [2.24, 2.45) is 0 Å². The highest BCUT2D eigenvalue weighted by Crippen LogP contribution is 2.33. The molecule has 0 bridgehead atoms. The SMILES string of the molecule is Cc1nc([C@@H]2CCN(C(=O)COC(C)C)C2)nc2c1CC(=O)N2Cc1ccccc1. The summed E-state index contributed by atoms with van der Waals surface area (Å²) in [6.07, 6.45) is 1.19. The molecule has 158 valence electrons. The number of amides is 2. The number of fused-ring (bicyclic) bond motifs is 1. The predicted octanol–water partition coefficient (Wildman–Crippen LogP) is 2.62. The van der Waals surface area contributed by atoms with Crippen LogP contribution in [0.15, 0.2) is 30.3 Å². The molecule has 1 aromatic carbocycles. The fourth-order valence-electron chi connectivity index (χ4n) is 4.04. The first kappa shape index (κ1) is 20.5. The minimum Gasteiger partial charge on any atom is -0.369 e. The van der Waals surface area contributed by atoms with Gasteiger partial charge in [-0.15, -0.1) is 0 Å². The van der Waals surface area contributed by atoms with E-state index in [-0.39, 0.29) is 30.4 Å². The van der Waals surface area contributed by atoms with E-state index in [0.717, 1.165) is 34.9 Å². The van der Waals surface area contributed by atoms with E-state index in [1.165, 1.54) is 0 Å². The van der Waals surface area contributed by atoms with Crippen LogP contribution in [-0.2, 0) is 27.3 Å². The van der Waals surface area contributed by atoms with E-state index in [1.807, 2.05) is 56.0 Å². The normalized spacial score (nSPS) is 18.4. The van der Waals surface area contributed by atoms with Crippen LogP contribution in [0.2, 0.25) is 0 Å². The molecule has 3 heterocycles. The molecule has 0 saturated carbocycles. The van der Waals surface area contributed by atoms with Crippen molar-refractivity contribution < 1.29 is 14.3 Å². The highest BCUT2D eigenvalue weighted by atomic mass is 16.5. The Hall–Kier alpha value is -2.80. The summed E-state index contributed by atoms with van der Waals surface area (Å²) in [6, 6.07) is 9.94. The van der Waals surface area contributed by atoms with Gasteiger partial charge in [0.05, 0.1) is 19.1 Å². The van der Waals surface area contributed by atoms with Gasteiger partial charge < -0.3 is 9.64 Å². The largest absolute Gasteiger partial charge is 0.369 e.